The first-order valence-electron chi connectivity index (χ1n) is 6.97. The van der Waals surface area contributed by atoms with Crippen LogP contribution >= 0.6 is 0 Å². The van der Waals surface area contributed by atoms with Gasteiger partial charge in [0.25, 0.3) is 0 Å². The van der Waals surface area contributed by atoms with Crippen molar-refractivity contribution in [2.45, 2.75) is 32.8 Å². The zero-order chi connectivity index (χ0) is 13.8. The number of aromatic nitrogens is 2. The average molecular weight is 264 g/mol. The number of ether oxygens (including phenoxy) is 1. The molecule has 0 aromatic carbocycles. The molecule has 1 aliphatic heterocycles. The first-order valence-corrected chi connectivity index (χ1v) is 6.97. The maximum atomic E-state index is 5.72. The molecule has 1 unspecified atom stereocenters. The number of hydrogen-bond donors (Lipinski definition) is 1. The highest BCUT2D eigenvalue weighted by atomic mass is 16.5. The van der Waals surface area contributed by atoms with Crippen LogP contribution < -0.4 is 10.2 Å². The van der Waals surface area contributed by atoms with Gasteiger partial charge in [0, 0.05) is 31.0 Å². The maximum absolute atomic E-state index is 5.72. The van der Waals surface area contributed by atoms with E-state index >= 15 is 0 Å². The molecule has 1 aromatic heterocycles. The number of nitrogens with one attached hydrogen (secondary N) is 1. The van der Waals surface area contributed by atoms with Gasteiger partial charge in [0.05, 0.1) is 12.7 Å². The van der Waals surface area contributed by atoms with Crippen LogP contribution in [0.5, 0.6) is 0 Å². The summed E-state index contributed by atoms with van der Waals surface area (Å²) in [6, 6.07) is 2.07. The predicted octanol–water partition coefficient (Wildman–Crippen LogP) is 1.33. The minimum absolute atomic E-state index is 0.213. The van der Waals surface area contributed by atoms with Gasteiger partial charge in [0.2, 0.25) is 5.95 Å². The van der Waals surface area contributed by atoms with Crippen molar-refractivity contribution in [2.24, 2.45) is 0 Å². The van der Waals surface area contributed by atoms with Gasteiger partial charge < -0.3 is 15.0 Å². The Morgan fingerprint density at radius 1 is 1.47 bits per heavy atom. The highest BCUT2D eigenvalue weighted by Crippen LogP contribution is 2.18. The van der Waals surface area contributed by atoms with Crippen LogP contribution in [0.4, 0.5) is 5.95 Å². The van der Waals surface area contributed by atoms with Crippen LogP contribution in [0.15, 0.2) is 6.07 Å². The van der Waals surface area contributed by atoms with Crippen molar-refractivity contribution < 1.29 is 4.74 Å². The van der Waals surface area contributed by atoms with E-state index in [4.69, 9.17) is 9.72 Å². The molecular weight excluding hydrogens is 240 g/mol. The summed E-state index contributed by atoms with van der Waals surface area (Å²) < 4.78 is 5.72. The summed E-state index contributed by atoms with van der Waals surface area (Å²) in [7, 11) is 1.95. The Morgan fingerprint density at radius 2 is 2.26 bits per heavy atom. The quantitative estimate of drug-likeness (QED) is 0.889. The summed E-state index contributed by atoms with van der Waals surface area (Å²) in [4.78, 5) is 11.5. The Bertz CT molecular complexity index is 420. The molecule has 1 aromatic rings. The van der Waals surface area contributed by atoms with Crippen molar-refractivity contribution in [1.29, 1.82) is 0 Å². The third kappa shape index (κ3) is 3.64. The molecule has 0 saturated carbocycles. The van der Waals surface area contributed by atoms with Crippen LogP contribution in [-0.4, -0.2) is 49.4 Å². The molecule has 1 fully saturated rings. The smallest absolute Gasteiger partial charge is 0.225 e. The van der Waals surface area contributed by atoms with Crippen molar-refractivity contribution in [3.63, 3.8) is 0 Å². The van der Waals surface area contributed by atoms with E-state index in [1.807, 2.05) is 14.0 Å². The topological polar surface area (TPSA) is 50.3 Å². The Hall–Kier alpha value is -1.20. The molecule has 2 heterocycles. The number of aryl methyl sites for hydroxylation is 1. The van der Waals surface area contributed by atoms with Crippen molar-refractivity contribution in [3.05, 3.63) is 17.5 Å². The van der Waals surface area contributed by atoms with Gasteiger partial charge in [-0.15, -0.1) is 0 Å². The van der Waals surface area contributed by atoms with Crippen molar-refractivity contribution >= 4 is 5.95 Å². The first-order chi connectivity index (χ1) is 9.10. The summed E-state index contributed by atoms with van der Waals surface area (Å²) in [6.07, 6.45) is 0.213. The van der Waals surface area contributed by atoms with E-state index in [1.54, 1.807) is 0 Å². The molecule has 0 radical (unpaired) electrons. The number of anilines is 1. The lowest BCUT2D eigenvalue weighted by Crippen LogP contribution is -2.47. The molecule has 1 N–H and O–H groups in total. The van der Waals surface area contributed by atoms with E-state index in [1.165, 1.54) is 0 Å². The van der Waals surface area contributed by atoms with Gasteiger partial charge >= 0.3 is 0 Å². The number of morpholine rings is 1. The van der Waals surface area contributed by atoms with Gasteiger partial charge in [-0.2, -0.15) is 0 Å². The predicted molar refractivity (Wildman–Crippen MR) is 76.7 cm³/mol. The molecule has 1 saturated heterocycles. The molecular formula is C14H24N4O. The fraction of sp³-hybridized carbons (Fsp3) is 0.714. The SMILES string of the molecule is CNCC1CN(c2nc(C)cc(C(C)C)n2)CCO1. The molecule has 0 aliphatic carbocycles. The molecule has 5 nitrogen and oxygen atoms in total. The van der Waals surface area contributed by atoms with Crippen LogP contribution in [0.3, 0.4) is 0 Å². The second-order valence-corrected chi connectivity index (χ2v) is 5.39. The van der Waals surface area contributed by atoms with Crippen LogP contribution in [0.1, 0.15) is 31.2 Å². The minimum Gasteiger partial charge on any atom is -0.373 e. The molecule has 0 spiro atoms. The Morgan fingerprint density at radius 3 is 2.95 bits per heavy atom. The second-order valence-electron chi connectivity index (χ2n) is 5.39. The largest absolute Gasteiger partial charge is 0.373 e. The Labute approximate surface area is 115 Å². The first kappa shape index (κ1) is 14.2. The summed E-state index contributed by atoms with van der Waals surface area (Å²) in [5, 5.41) is 3.16. The van der Waals surface area contributed by atoms with Gasteiger partial charge in [-0.1, -0.05) is 13.8 Å². The van der Waals surface area contributed by atoms with Gasteiger partial charge in [-0.25, -0.2) is 9.97 Å². The molecule has 1 atom stereocenters. The third-order valence-corrected chi connectivity index (χ3v) is 3.31. The number of likely N-dealkylation sites (N-methyl/N-ethyl adjacent to an activating group) is 1. The summed E-state index contributed by atoms with van der Waals surface area (Å²) in [5.41, 5.74) is 2.14. The van der Waals surface area contributed by atoms with Gasteiger partial charge in [-0.3, -0.25) is 0 Å². The zero-order valence-corrected chi connectivity index (χ0v) is 12.3. The Balaban J connectivity index is 2.16. The van der Waals surface area contributed by atoms with Crippen LogP contribution in [-0.2, 0) is 4.74 Å². The normalized spacial score (nSPS) is 20.1. The Kier molecular flexibility index (Phi) is 4.71. The monoisotopic (exact) mass is 264 g/mol. The van der Waals surface area contributed by atoms with Gasteiger partial charge in [0.1, 0.15) is 0 Å². The highest BCUT2D eigenvalue weighted by molar-refractivity contribution is 5.34. The van der Waals surface area contributed by atoms with Gasteiger partial charge in [-0.05, 0) is 26.0 Å². The van der Waals surface area contributed by atoms with Crippen LogP contribution in [0.2, 0.25) is 0 Å². The number of hydrogen-bond acceptors (Lipinski definition) is 5. The van der Waals surface area contributed by atoms with Crippen molar-refractivity contribution in [3.8, 4) is 0 Å². The molecule has 2 rings (SSSR count). The summed E-state index contributed by atoms with van der Waals surface area (Å²) >= 11 is 0. The van der Waals surface area contributed by atoms with Crippen molar-refractivity contribution in [2.75, 3.05) is 38.2 Å². The van der Waals surface area contributed by atoms with Gasteiger partial charge in [0.15, 0.2) is 0 Å². The lowest BCUT2D eigenvalue weighted by atomic mass is 10.1. The summed E-state index contributed by atoms with van der Waals surface area (Å²) in [6.45, 7) is 9.66. The standard InChI is InChI=1S/C14H24N4O/c1-10(2)13-7-11(3)16-14(17-13)18-5-6-19-12(9-18)8-15-4/h7,10,12,15H,5-6,8-9H2,1-4H3. The molecule has 106 valence electrons. The van der Waals surface area contributed by atoms with Crippen molar-refractivity contribution in [1.82, 2.24) is 15.3 Å². The molecule has 1 aliphatic rings. The maximum Gasteiger partial charge on any atom is 0.225 e. The zero-order valence-electron chi connectivity index (χ0n) is 12.3. The van der Waals surface area contributed by atoms with E-state index in [0.717, 1.165) is 43.6 Å². The second kappa shape index (κ2) is 6.30. The van der Waals surface area contributed by atoms with E-state index in [9.17, 15) is 0 Å². The fourth-order valence-electron chi connectivity index (χ4n) is 2.27. The lowest BCUT2D eigenvalue weighted by molar-refractivity contribution is 0.0416. The van der Waals surface area contributed by atoms with E-state index < -0.39 is 0 Å². The molecule has 5 heteroatoms. The average Bonchev–Trinajstić information content (AvgIpc) is 2.38. The van der Waals surface area contributed by atoms with E-state index in [2.05, 4.69) is 35.1 Å². The number of nitrogens with zero attached hydrogens (tertiary/aromatic N) is 3. The van der Waals surface area contributed by atoms with Crippen LogP contribution in [0.25, 0.3) is 0 Å². The number of rotatable bonds is 4. The highest BCUT2D eigenvalue weighted by Gasteiger charge is 2.22. The lowest BCUT2D eigenvalue weighted by Gasteiger charge is -2.33. The summed E-state index contributed by atoms with van der Waals surface area (Å²) in [5.74, 6) is 1.27. The molecule has 0 bridgehead atoms. The molecule has 0 amide bonds. The van der Waals surface area contributed by atoms with E-state index in [-0.39, 0.29) is 6.10 Å². The minimum atomic E-state index is 0.213. The van der Waals surface area contributed by atoms with Crippen LogP contribution in [0, 0.1) is 6.92 Å². The third-order valence-electron chi connectivity index (χ3n) is 3.31. The fourth-order valence-corrected chi connectivity index (χ4v) is 2.27. The van der Waals surface area contributed by atoms with E-state index in [0.29, 0.717) is 5.92 Å². The molecule has 19 heavy (non-hydrogen) atoms.